The number of furan rings is 1. The van der Waals surface area contributed by atoms with E-state index in [1.165, 1.54) is 7.11 Å². The van der Waals surface area contributed by atoms with Crippen LogP contribution in [0.15, 0.2) is 16.5 Å². The molecule has 1 aromatic rings. The van der Waals surface area contributed by atoms with Crippen LogP contribution in [0.5, 0.6) is 0 Å². The zero-order valence-electron chi connectivity index (χ0n) is 11.9. The number of carbonyl (C=O) groups excluding carboxylic acids is 1. The molecule has 0 saturated heterocycles. The van der Waals surface area contributed by atoms with E-state index in [2.05, 4.69) is 23.9 Å². The Morgan fingerprint density at radius 3 is 2.63 bits per heavy atom. The highest BCUT2D eigenvalue weighted by Gasteiger charge is 2.24. The molecule has 0 atom stereocenters. The molecular weight excluding hydrogens is 246 g/mol. The summed E-state index contributed by atoms with van der Waals surface area (Å²) < 4.78 is 9.93. The van der Waals surface area contributed by atoms with Gasteiger partial charge >= 0.3 is 5.97 Å². The Bertz CT molecular complexity index is 388. The van der Waals surface area contributed by atoms with Crippen LogP contribution in [0.4, 0.5) is 0 Å². The highest BCUT2D eigenvalue weighted by molar-refractivity contribution is 5.86. The van der Waals surface area contributed by atoms with Gasteiger partial charge < -0.3 is 19.6 Å². The number of esters is 1. The summed E-state index contributed by atoms with van der Waals surface area (Å²) in [6, 6.07) is 3.35. The van der Waals surface area contributed by atoms with Gasteiger partial charge in [-0.25, -0.2) is 4.79 Å². The van der Waals surface area contributed by atoms with Crippen LogP contribution in [-0.4, -0.2) is 31.3 Å². The second kappa shape index (κ2) is 7.31. The molecular formula is C14H23NO4. The fourth-order valence-electron chi connectivity index (χ4n) is 1.91. The Hall–Kier alpha value is -1.33. The summed E-state index contributed by atoms with van der Waals surface area (Å²) in [5.41, 5.74) is -0.0855. The van der Waals surface area contributed by atoms with Gasteiger partial charge in [0.2, 0.25) is 5.76 Å². The standard InChI is InChI=1S/C14H23NO4/c1-4-14(5-2,10-16)9-15-8-11-6-7-12(19-11)13(17)18-3/h6-7,15-16H,4-5,8-10H2,1-3H3. The van der Waals surface area contributed by atoms with E-state index >= 15 is 0 Å². The highest BCUT2D eigenvalue weighted by Crippen LogP contribution is 2.24. The monoisotopic (exact) mass is 269 g/mol. The van der Waals surface area contributed by atoms with Crippen molar-refractivity contribution in [3.05, 3.63) is 23.7 Å². The van der Waals surface area contributed by atoms with Crippen LogP contribution in [0.25, 0.3) is 0 Å². The molecule has 0 fully saturated rings. The summed E-state index contributed by atoms with van der Waals surface area (Å²) in [4.78, 5) is 11.2. The van der Waals surface area contributed by atoms with E-state index in [0.29, 0.717) is 18.8 Å². The van der Waals surface area contributed by atoms with Gasteiger partial charge in [0, 0.05) is 18.6 Å². The maximum Gasteiger partial charge on any atom is 0.373 e. The Morgan fingerprint density at radius 2 is 2.11 bits per heavy atom. The third-order valence-corrected chi connectivity index (χ3v) is 3.68. The van der Waals surface area contributed by atoms with Gasteiger partial charge in [-0.05, 0) is 25.0 Å². The number of hydrogen-bond acceptors (Lipinski definition) is 5. The molecule has 0 aliphatic rings. The van der Waals surface area contributed by atoms with Crippen LogP contribution in [-0.2, 0) is 11.3 Å². The summed E-state index contributed by atoms with van der Waals surface area (Å²) in [6.07, 6.45) is 1.83. The molecule has 0 aliphatic heterocycles. The SMILES string of the molecule is CCC(CC)(CO)CNCc1ccc(C(=O)OC)o1. The minimum absolute atomic E-state index is 0.0855. The van der Waals surface area contributed by atoms with Gasteiger partial charge in [-0.15, -0.1) is 0 Å². The lowest BCUT2D eigenvalue weighted by Gasteiger charge is -2.29. The van der Waals surface area contributed by atoms with Gasteiger partial charge in [-0.2, -0.15) is 0 Å². The molecule has 5 heteroatoms. The minimum atomic E-state index is -0.474. The van der Waals surface area contributed by atoms with Gasteiger partial charge in [0.1, 0.15) is 5.76 Å². The minimum Gasteiger partial charge on any atom is -0.463 e. The molecule has 0 aliphatic carbocycles. The molecule has 108 valence electrons. The molecule has 5 nitrogen and oxygen atoms in total. The van der Waals surface area contributed by atoms with E-state index in [1.54, 1.807) is 12.1 Å². The molecule has 19 heavy (non-hydrogen) atoms. The molecule has 2 N–H and O–H groups in total. The molecule has 1 heterocycles. The van der Waals surface area contributed by atoms with Crippen LogP contribution < -0.4 is 5.32 Å². The second-order valence-corrected chi connectivity index (χ2v) is 4.73. The first-order valence-electron chi connectivity index (χ1n) is 6.59. The summed E-state index contributed by atoms with van der Waals surface area (Å²) in [5, 5.41) is 12.7. The number of nitrogens with one attached hydrogen (secondary N) is 1. The molecule has 0 saturated carbocycles. The van der Waals surface area contributed by atoms with Crippen molar-refractivity contribution in [1.29, 1.82) is 0 Å². The van der Waals surface area contributed by atoms with Crippen molar-refractivity contribution in [1.82, 2.24) is 5.32 Å². The van der Waals surface area contributed by atoms with Crippen molar-refractivity contribution in [2.75, 3.05) is 20.3 Å². The number of rotatable bonds is 8. The maximum absolute atomic E-state index is 11.2. The number of aliphatic hydroxyl groups is 1. The third kappa shape index (κ3) is 4.08. The van der Waals surface area contributed by atoms with Crippen molar-refractivity contribution in [2.45, 2.75) is 33.2 Å². The van der Waals surface area contributed by atoms with Crippen molar-refractivity contribution in [3.63, 3.8) is 0 Å². The van der Waals surface area contributed by atoms with Crippen LogP contribution in [0.3, 0.4) is 0 Å². The van der Waals surface area contributed by atoms with E-state index in [-0.39, 0.29) is 17.8 Å². The van der Waals surface area contributed by atoms with Crippen LogP contribution >= 0.6 is 0 Å². The van der Waals surface area contributed by atoms with Gasteiger partial charge in [0.15, 0.2) is 0 Å². The number of aliphatic hydroxyl groups excluding tert-OH is 1. The first kappa shape index (κ1) is 15.7. The van der Waals surface area contributed by atoms with E-state index < -0.39 is 5.97 Å². The summed E-state index contributed by atoms with van der Waals surface area (Å²) in [5.74, 6) is 0.413. The summed E-state index contributed by atoms with van der Waals surface area (Å²) in [7, 11) is 1.32. The highest BCUT2D eigenvalue weighted by atomic mass is 16.5. The predicted molar refractivity (Wildman–Crippen MR) is 71.9 cm³/mol. The smallest absolute Gasteiger partial charge is 0.373 e. The molecule has 0 radical (unpaired) electrons. The fraction of sp³-hybridized carbons (Fsp3) is 0.643. The first-order valence-corrected chi connectivity index (χ1v) is 6.59. The summed E-state index contributed by atoms with van der Waals surface area (Å²) in [6.45, 7) is 5.55. The molecule has 0 spiro atoms. The average Bonchev–Trinajstić information content (AvgIpc) is 2.92. The van der Waals surface area contributed by atoms with Crippen LogP contribution in [0.1, 0.15) is 43.0 Å². The normalized spacial score (nSPS) is 11.6. The molecule has 0 unspecified atom stereocenters. The van der Waals surface area contributed by atoms with Gasteiger partial charge in [-0.1, -0.05) is 13.8 Å². The van der Waals surface area contributed by atoms with Crippen molar-refractivity contribution < 1.29 is 19.1 Å². The number of methoxy groups -OCH3 is 1. The van der Waals surface area contributed by atoms with Crippen LogP contribution in [0, 0.1) is 5.41 Å². The quantitative estimate of drug-likeness (QED) is 0.706. The largest absolute Gasteiger partial charge is 0.463 e. The number of ether oxygens (including phenoxy) is 1. The van der Waals surface area contributed by atoms with Gasteiger partial charge in [0.25, 0.3) is 0 Å². The molecule has 0 bridgehead atoms. The number of carbonyl (C=O) groups is 1. The molecule has 0 aromatic carbocycles. The van der Waals surface area contributed by atoms with Gasteiger partial charge in [-0.3, -0.25) is 0 Å². The van der Waals surface area contributed by atoms with Crippen molar-refractivity contribution >= 4 is 5.97 Å². The number of hydrogen-bond donors (Lipinski definition) is 2. The average molecular weight is 269 g/mol. The summed E-state index contributed by atoms with van der Waals surface area (Å²) >= 11 is 0. The van der Waals surface area contributed by atoms with Gasteiger partial charge in [0.05, 0.1) is 13.7 Å². The van der Waals surface area contributed by atoms with Crippen molar-refractivity contribution in [2.24, 2.45) is 5.41 Å². The zero-order chi connectivity index (χ0) is 14.3. The lowest BCUT2D eigenvalue weighted by atomic mass is 9.83. The van der Waals surface area contributed by atoms with E-state index in [0.717, 1.165) is 12.8 Å². The topological polar surface area (TPSA) is 71.7 Å². The zero-order valence-corrected chi connectivity index (χ0v) is 11.9. The maximum atomic E-state index is 11.2. The lowest BCUT2D eigenvalue weighted by Crippen LogP contribution is -2.36. The Balaban J connectivity index is 2.49. The second-order valence-electron chi connectivity index (χ2n) is 4.73. The molecule has 1 aromatic heterocycles. The van der Waals surface area contributed by atoms with E-state index in [4.69, 9.17) is 4.42 Å². The first-order chi connectivity index (χ1) is 9.10. The van der Waals surface area contributed by atoms with Crippen LogP contribution in [0.2, 0.25) is 0 Å². The predicted octanol–water partition coefficient (Wildman–Crippen LogP) is 1.95. The molecule has 0 amide bonds. The molecule has 1 rings (SSSR count). The lowest BCUT2D eigenvalue weighted by molar-refractivity contribution is 0.0562. The van der Waals surface area contributed by atoms with E-state index in [9.17, 15) is 9.90 Å². The van der Waals surface area contributed by atoms with E-state index in [1.807, 2.05) is 0 Å². The third-order valence-electron chi connectivity index (χ3n) is 3.68. The van der Waals surface area contributed by atoms with Crippen molar-refractivity contribution in [3.8, 4) is 0 Å². The fourth-order valence-corrected chi connectivity index (χ4v) is 1.91. The Kier molecular flexibility index (Phi) is 6.05. The Morgan fingerprint density at radius 1 is 1.42 bits per heavy atom. The Labute approximate surface area is 113 Å².